The highest BCUT2D eigenvalue weighted by molar-refractivity contribution is 7.99. The van der Waals surface area contributed by atoms with Crippen LogP contribution in [0.15, 0.2) is 58.3 Å². The molecule has 2 aromatic rings. The van der Waals surface area contributed by atoms with Crippen LogP contribution in [0.2, 0.25) is 0 Å². The fourth-order valence-electron chi connectivity index (χ4n) is 1.16. The van der Waals surface area contributed by atoms with Gasteiger partial charge in [-0.05, 0) is 54.3 Å². The molecule has 0 aliphatic rings. The molecule has 0 aliphatic heterocycles. The standard InChI is InChI=1S/C8H10OS.C6H6OS/c1-2-10-8-5-3-7(9)4-6-8;7-5-1-3-6(8)4-2-5/h3-6,9H,2H2,1H3;1-4,7-8H. The maximum Gasteiger partial charge on any atom is 0.115 e. The van der Waals surface area contributed by atoms with E-state index in [1.165, 1.54) is 4.90 Å². The molecule has 0 spiro atoms. The number of thiol groups is 1. The van der Waals surface area contributed by atoms with E-state index >= 15 is 0 Å². The van der Waals surface area contributed by atoms with Crippen molar-refractivity contribution >= 4 is 24.4 Å². The van der Waals surface area contributed by atoms with Crippen LogP contribution < -0.4 is 0 Å². The van der Waals surface area contributed by atoms with E-state index in [-0.39, 0.29) is 5.75 Å². The Hall–Kier alpha value is -1.26. The summed E-state index contributed by atoms with van der Waals surface area (Å²) >= 11 is 5.79. The molecule has 4 heteroatoms. The van der Waals surface area contributed by atoms with Crippen LogP contribution in [0.25, 0.3) is 0 Å². The first-order valence-corrected chi connectivity index (χ1v) is 6.95. The molecule has 2 nitrogen and oxygen atoms in total. The zero-order valence-electron chi connectivity index (χ0n) is 10.1. The first-order valence-electron chi connectivity index (χ1n) is 5.51. The molecule has 18 heavy (non-hydrogen) atoms. The van der Waals surface area contributed by atoms with Crippen molar-refractivity contribution in [2.24, 2.45) is 0 Å². The zero-order valence-corrected chi connectivity index (χ0v) is 11.8. The third kappa shape index (κ3) is 5.89. The van der Waals surface area contributed by atoms with Crippen LogP contribution in [0.3, 0.4) is 0 Å². The Labute approximate surface area is 117 Å². The molecule has 0 fully saturated rings. The van der Waals surface area contributed by atoms with Gasteiger partial charge in [-0.15, -0.1) is 24.4 Å². The van der Waals surface area contributed by atoms with Crippen molar-refractivity contribution in [3.63, 3.8) is 0 Å². The van der Waals surface area contributed by atoms with Crippen LogP contribution >= 0.6 is 24.4 Å². The summed E-state index contributed by atoms with van der Waals surface area (Å²) in [6.07, 6.45) is 0. The lowest BCUT2D eigenvalue weighted by atomic mass is 10.3. The topological polar surface area (TPSA) is 40.5 Å². The van der Waals surface area contributed by atoms with Crippen molar-refractivity contribution in [1.29, 1.82) is 0 Å². The summed E-state index contributed by atoms with van der Waals surface area (Å²) in [5.74, 6) is 1.69. The normalized spacial score (nSPS) is 9.44. The van der Waals surface area contributed by atoms with Gasteiger partial charge in [-0.3, -0.25) is 0 Å². The van der Waals surface area contributed by atoms with Crippen LogP contribution in [0.1, 0.15) is 6.92 Å². The number of phenolic OH excluding ortho intramolecular Hbond substituents is 2. The average Bonchev–Trinajstić information content (AvgIpc) is 2.37. The van der Waals surface area contributed by atoms with Crippen molar-refractivity contribution in [3.05, 3.63) is 48.5 Å². The molecule has 0 radical (unpaired) electrons. The van der Waals surface area contributed by atoms with Gasteiger partial charge in [0.15, 0.2) is 0 Å². The van der Waals surface area contributed by atoms with E-state index in [1.54, 1.807) is 48.2 Å². The summed E-state index contributed by atoms with van der Waals surface area (Å²) in [6.45, 7) is 2.11. The number of rotatable bonds is 2. The molecule has 0 amide bonds. The number of hydrogen-bond donors (Lipinski definition) is 3. The number of hydrogen-bond acceptors (Lipinski definition) is 4. The number of benzene rings is 2. The van der Waals surface area contributed by atoms with Gasteiger partial charge >= 0.3 is 0 Å². The molecule has 0 heterocycles. The zero-order chi connectivity index (χ0) is 13.4. The third-order valence-corrected chi connectivity index (χ3v) is 3.19. The number of aromatic hydroxyl groups is 2. The summed E-state index contributed by atoms with van der Waals surface area (Å²) in [7, 11) is 0. The van der Waals surface area contributed by atoms with Gasteiger partial charge < -0.3 is 10.2 Å². The second-order valence-corrected chi connectivity index (χ2v) is 5.30. The lowest BCUT2D eigenvalue weighted by molar-refractivity contribution is 0.474. The molecule has 0 bridgehead atoms. The Morgan fingerprint density at radius 1 is 0.889 bits per heavy atom. The Morgan fingerprint density at radius 2 is 1.33 bits per heavy atom. The minimum atomic E-state index is 0.280. The predicted octanol–water partition coefficient (Wildman–Crippen LogP) is 4.19. The highest BCUT2D eigenvalue weighted by Gasteiger charge is 1.89. The highest BCUT2D eigenvalue weighted by Crippen LogP contribution is 2.19. The van der Waals surface area contributed by atoms with Crippen LogP contribution in [0.4, 0.5) is 0 Å². The fraction of sp³-hybridized carbons (Fsp3) is 0.143. The Bertz CT molecular complexity index is 431. The second-order valence-electron chi connectivity index (χ2n) is 3.44. The molecule has 0 aliphatic carbocycles. The lowest BCUT2D eigenvalue weighted by Crippen LogP contribution is -1.70. The Morgan fingerprint density at radius 3 is 1.72 bits per heavy atom. The molecule has 2 N–H and O–H groups in total. The van der Waals surface area contributed by atoms with Crippen LogP contribution in [0.5, 0.6) is 11.5 Å². The maximum absolute atomic E-state index is 8.92. The van der Waals surface area contributed by atoms with Gasteiger partial charge in [0.1, 0.15) is 11.5 Å². The van der Waals surface area contributed by atoms with E-state index in [0.717, 1.165) is 10.6 Å². The number of thioether (sulfide) groups is 1. The molecule has 2 aromatic carbocycles. The summed E-state index contributed by atoms with van der Waals surface area (Å²) in [4.78, 5) is 2.07. The maximum atomic E-state index is 8.92. The minimum Gasteiger partial charge on any atom is -0.508 e. The molecular formula is C14H16O2S2. The molecule has 96 valence electrons. The van der Waals surface area contributed by atoms with Crippen molar-refractivity contribution in [2.75, 3.05) is 5.75 Å². The van der Waals surface area contributed by atoms with Crippen molar-refractivity contribution in [1.82, 2.24) is 0 Å². The van der Waals surface area contributed by atoms with Gasteiger partial charge in [-0.1, -0.05) is 6.92 Å². The van der Waals surface area contributed by atoms with Crippen molar-refractivity contribution in [3.8, 4) is 11.5 Å². The highest BCUT2D eigenvalue weighted by atomic mass is 32.2. The van der Waals surface area contributed by atoms with Crippen LogP contribution in [-0.4, -0.2) is 16.0 Å². The Balaban J connectivity index is 0.000000184. The van der Waals surface area contributed by atoms with Crippen molar-refractivity contribution in [2.45, 2.75) is 16.7 Å². The number of phenols is 2. The molecule has 0 atom stereocenters. The van der Waals surface area contributed by atoms with Gasteiger partial charge in [-0.25, -0.2) is 0 Å². The molecule has 2 rings (SSSR count). The smallest absolute Gasteiger partial charge is 0.115 e. The van der Waals surface area contributed by atoms with Crippen LogP contribution in [-0.2, 0) is 0 Å². The molecule has 0 unspecified atom stereocenters. The summed E-state index contributed by atoms with van der Waals surface area (Å²) in [5.41, 5.74) is 0. The first kappa shape index (κ1) is 14.8. The molecule has 0 aromatic heterocycles. The van der Waals surface area contributed by atoms with Gasteiger partial charge in [0.25, 0.3) is 0 Å². The quantitative estimate of drug-likeness (QED) is 0.571. The average molecular weight is 280 g/mol. The SMILES string of the molecule is CCSc1ccc(O)cc1.Oc1ccc(S)cc1. The van der Waals surface area contributed by atoms with Gasteiger partial charge in [0, 0.05) is 9.79 Å². The van der Waals surface area contributed by atoms with E-state index in [1.807, 2.05) is 12.1 Å². The van der Waals surface area contributed by atoms with E-state index in [4.69, 9.17) is 10.2 Å². The van der Waals surface area contributed by atoms with E-state index in [2.05, 4.69) is 19.6 Å². The lowest BCUT2D eigenvalue weighted by Gasteiger charge is -1.96. The van der Waals surface area contributed by atoms with Gasteiger partial charge in [0.05, 0.1) is 0 Å². The van der Waals surface area contributed by atoms with Gasteiger partial charge in [0.2, 0.25) is 0 Å². The van der Waals surface area contributed by atoms with Crippen molar-refractivity contribution < 1.29 is 10.2 Å². The summed E-state index contributed by atoms with van der Waals surface area (Å²) < 4.78 is 0. The molecule has 0 saturated carbocycles. The molecule has 0 saturated heterocycles. The van der Waals surface area contributed by atoms with Gasteiger partial charge in [-0.2, -0.15) is 0 Å². The summed E-state index contributed by atoms with van der Waals surface area (Å²) in [6, 6.07) is 13.9. The van der Waals surface area contributed by atoms with E-state index < -0.39 is 0 Å². The van der Waals surface area contributed by atoms with Crippen LogP contribution in [0, 0.1) is 0 Å². The largest absolute Gasteiger partial charge is 0.508 e. The van der Waals surface area contributed by atoms with E-state index in [0.29, 0.717) is 5.75 Å². The summed E-state index contributed by atoms with van der Waals surface area (Å²) in [5, 5.41) is 17.6. The first-order chi connectivity index (χ1) is 8.61. The Kier molecular flexibility index (Phi) is 6.54. The van der Waals surface area contributed by atoms with E-state index in [9.17, 15) is 0 Å². The second kappa shape index (κ2) is 7.95. The third-order valence-electron chi connectivity index (χ3n) is 2.00. The monoisotopic (exact) mass is 280 g/mol. The molecular weight excluding hydrogens is 264 g/mol. The fourth-order valence-corrected chi connectivity index (χ4v) is 1.97. The predicted molar refractivity (Wildman–Crippen MR) is 79.9 cm³/mol. The minimum absolute atomic E-state index is 0.280.